The van der Waals surface area contributed by atoms with E-state index in [4.69, 9.17) is 0 Å². The predicted octanol–water partition coefficient (Wildman–Crippen LogP) is 5.02. The summed E-state index contributed by atoms with van der Waals surface area (Å²) < 4.78 is 14.0. The van der Waals surface area contributed by atoms with Gasteiger partial charge in [0.2, 0.25) is 0 Å². The molecule has 0 nitrogen and oxygen atoms in total. The van der Waals surface area contributed by atoms with Crippen molar-refractivity contribution in [3.05, 3.63) is 39.6 Å². The quantitative estimate of drug-likeness (QED) is 0.680. The van der Waals surface area contributed by atoms with Crippen LogP contribution in [-0.4, -0.2) is 5.33 Å². The predicted molar refractivity (Wildman–Crippen MR) is 70.7 cm³/mol. The van der Waals surface area contributed by atoms with E-state index in [-0.39, 0.29) is 5.82 Å². The van der Waals surface area contributed by atoms with Crippen molar-refractivity contribution in [1.82, 2.24) is 0 Å². The van der Waals surface area contributed by atoms with Gasteiger partial charge in [0.25, 0.3) is 0 Å². The molecule has 0 amide bonds. The standard InChI is InChI=1S/C12H13Br2F/c1-8(2)10(7-13)5-9-6-11(15)3-4-12(9)14/h3-6,8H,7H2,1-2H3/b10-5+. The highest BCUT2D eigenvalue weighted by Gasteiger charge is 2.04. The molecule has 0 spiro atoms. The largest absolute Gasteiger partial charge is 0.207 e. The molecule has 0 aromatic heterocycles. The van der Waals surface area contributed by atoms with E-state index in [2.05, 4.69) is 45.7 Å². The second-order valence-electron chi connectivity index (χ2n) is 3.67. The lowest BCUT2D eigenvalue weighted by atomic mass is 10.0. The topological polar surface area (TPSA) is 0 Å². The summed E-state index contributed by atoms with van der Waals surface area (Å²) in [6, 6.07) is 4.72. The molecule has 15 heavy (non-hydrogen) atoms. The van der Waals surface area contributed by atoms with Crippen LogP contribution in [0.3, 0.4) is 0 Å². The zero-order valence-electron chi connectivity index (χ0n) is 8.73. The van der Waals surface area contributed by atoms with E-state index in [0.717, 1.165) is 15.4 Å². The molecular weight excluding hydrogens is 323 g/mol. The number of hydrogen-bond donors (Lipinski definition) is 0. The molecule has 0 fully saturated rings. The van der Waals surface area contributed by atoms with Gasteiger partial charge in [-0.3, -0.25) is 0 Å². The van der Waals surface area contributed by atoms with E-state index >= 15 is 0 Å². The van der Waals surface area contributed by atoms with Crippen molar-refractivity contribution in [2.75, 3.05) is 5.33 Å². The highest BCUT2D eigenvalue weighted by molar-refractivity contribution is 9.10. The summed E-state index contributed by atoms with van der Waals surface area (Å²) in [6.07, 6.45) is 2.02. The average molecular weight is 336 g/mol. The highest BCUT2D eigenvalue weighted by Crippen LogP contribution is 2.23. The number of hydrogen-bond acceptors (Lipinski definition) is 0. The van der Waals surface area contributed by atoms with Crippen LogP contribution in [-0.2, 0) is 0 Å². The van der Waals surface area contributed by atoms with Gasteiger partial charge in [0, 0.05) is 9.80 Å². The van der Waals surface area contributed by atoms with E-state index in [9.17, 15) is 4.39 Å². The van der Waals surface area contributed by atoms with Crippen LogP contribution in [0.2, 0.25) is 0 Å². The van der Waals surface area contributed by atoms with Crippen LogP contribution in [0.25, 0.3) is 6.08 Å². The molecule has 0 radical (unpaired) electrons. The Labute approximate surface area is 107 Å². The van der Waals surface area contributed by atoms with Crippen LogP contribution in [0, 0.1) is 11.7 Å². The molecule has 3 heteroatoms. The van der Waals surface area contributed by atoms with Gasteiger partial charge in [-0.25, -0.2) is 4.39 Å². The molecule has 1 aromatic rings. The summed E-state index contributed by atoms with van der Waals surface area (Å²) in [6.45, 7) is 4.25. The molecule has 0 saturated heterocycles. The van der Waals surface area contributed by atoms with Crippen LogP contribution in [0.1, 0.15) is 19.4 Å². The minimum Gasteiger partial charge on any atom is -0.207 e. The Morgan fingerprint density at radius 1 is 1.47 bits per heavy atom. The number of rotatable bonds is 3. The maximum Gasteiger partial charge on any atom is 0.123 e. The van der Waals surface area contributed by atoms with Gasteiger partial charge < -0.3 is 0 Å². The average Bonchev–Trinajstić information content (AvgIpc) is 2.18. The van der Waals surface area contributed by atoms with Crippen LogP contribution in [0.15, 0.2) is 28.2 Å². The van der Waals surface area contributed by atoms with Crippen molar-refractivity contribution in [2.45, 2.75) is 13.8 Å². The van der Waals surface area contributed by atoms with Crippen molar-refractivity contribution < 1.29 is 4.39 Å². The van der Waals surface area contributed by atoms with Crippen molar-refractivity contribution in [3.63, 3.8) is 0 Å². The smallest absolute Gasteiger partial charge is 0.123 e. The lowest BCUT2D eigenvalue weighted by Gasteiger charge is -2.08. The molecule has 0 N–H and O–H groups in total. The number of alkyl halides is 1. The minimum absolute atomic E-state index is 0.206. The van der Waals surface area contributed by atoms with Gasteiger partial charge in [0.1, 0.15) is 5.82 Å². The summed E-state index contributed by atoms with van der Waals surface area (Å²) >= 11 is 6.85. The fourth-order valence-electron chi connectivity index (χ4n) is 1.18. The zero-order valence-corrected chi connectivity index (χ0v) is 11.9. The molecule has 0 aliphatic rings. The Morgan fingerprint density at radius 2 is 2.13 bits per heavy atom. The van der Waals surface area contributed by atoms with Crippen molar-refractivity contribution in [1.29, 1.82) is 0 Å². The summed E-state index contributed by atoms with van der Waals surface area (Å²) in [5.41, 5.74) is 2.14. The lowest BCUT2D eigenvalue weighted by molar-refractivity contribution is 0.627. The summed E-state index contributed by atoms with van der Waals surface area (Å²) in [5, 5.41) is 0.813. The molecule has 0 bridgehead atoms. The molecule has 1 aromatic carbocycles. The molecule has 0 saturated carbocycles. The van der Waals surface area contributed by atoms with Gasteiger partial charge >= 0.3 is 0 Å². The third kappa shape index (κ3) is 3.72. The van der Waals surface area contributed by atoms with Crippen molar-refractivity contribution in [3.8, 4) is 0 Å². The van der Waals surface area contributed by atoms with Gasteiger partial charge in [0.15, 0.2) is 0 Å². The Kier molecular flexibility index (Phi) is 5.00. The lowest BCUT2D eigenvalue weighted by Crippen LogP contribution is -1.95. The van der Waals surface area contributed by atoms with Crippen LogP contribution in [0.4, 0.5) is 4.39 Å². The maximum atomic E-state index is 13.0. The molecule has 0 unspecified atom stereocenters. The van der Waals surface area contributed by atoms with E-state index in [1.807, 2.05) is 6.08 Å². The normalized spacial score (nSPS) is 12.3. The number of benzene rings is 1. The van der Waals surface area contributed by atoms with Gasteiger partial charge in [-0.05, 0) is 29.7 Å². The van der Waals surface area contributed by atoms with E-state index in [1.54, 1.807) is 6.07 Å². The zero-order chi connectivity index (χ0) is 11.4. The Morgan fingerprint density at radius 3 is 2.67 bits per heavy atom. The van der Waals surface area contributed by atoms with Crippen LogP contribution in [0.5, 0.6) is 0 Å². The van der Waals surface area contributed by atoms with Crippen molar-refractivity contribution >= 4 is 37.9 Å². The first-order valence-corrected chi connectivity index (χ1v) is 6.67. The summed E-state index contributed by atoms with van der Waals surface area (Å²) in [7, 11) is 0. The third-order valence-electron chi connectivity index (χ3n) is 2.19. The van der Waals surface area contributed by atoms with Gasteiger partial charge in [0.05, 0.1) is 0 Å². The van der Waals surface area contributed by atoms with E-state index < -0.39 is 0 Å². The fourth-order valence-corrected chi connectivity index (χ4v) is 2.35. The van der Waals surface area contributed by atoms with E-state index in [0.29, 0.717) is 5.92 Å². The second-order valence-corrected chi connectivity index (χ2v) is 5.09. The molecule has 0 heterocycles. The molecule has 0 aliphatic heterocycles. The van der Waals surface area contributed by atoms with Gasteiger partial charge in [-0.1, -0.05) is 57.4 Å². The first-order valence-electron chi connectivity index (χ1n) is 4.76. The van der Waals surface area contributed by atoms with Gasteiger partial charge in [-0.15, -0.1) is 0 Å². The summed E-state index contributed by atoms with van der Waals surface area (Å²) in [4.78, 5) is 0. The number of halogens is 3. The first-order chi connectivity index (χ1) is 7.04. The molecule has 0 atom stereocenters. The second kappa shape index (κ2) is 5.80. The Balaban J connectivity index is 3.10. The third-order valence-corrected chi connectivity index (χ3v) is 3.56. The Hall–Kier alpha value is -0.150. The van der Waals surface area contributed by atoms with E-state index in [1.165, 1.54) is 17.7 Å². The maximum absolute atomic E-state index is 13.0. The number of allylic oxidation sites excluding steroid dienone is 1. The molecule has 0 aliphatic carbocycles. The van der Waals surface area contributed by atoms with Crippen LogP contribution >= 0.6 is 31.9 Å². The fraction of sp³-hybridized carbons (Fsp3) is 0.333. The van der Waals surface area contributed by atoms with Gasteiger partial charge in [-0.2, -0.15) is 0 Å². The summed E-state index contributed by atoms with van der Waals surface area (Å²) in [5.74, 6) is 0.252. The highest BCUT2D eigenvalue weighted by atomic mass is 79.9. The minimum atomic E-state index is -0.206. The first kappa shape index (κ1) is 12.9. The molecule has 1 rings (SSSR count). The SMILES string of the molecule is CC(C)/C(=C/c1cc(F)ccc1Br)CBr. The molecular formula is C12H13Br2F. The Bertz CT molecular complexity index is 370. The van der Waals surface area contributed by atoms with Crippen LogP contribution < -0.4 is 0 Å². The molecule has 82 valence electrons. The van der Waals surface area contributed by atoms with Crippen molar-refractivity contribution in [2.24, 2.45) is 5.92 Å². The monoisotopic (exact) mass is 334 g/mol.